The summed E-state index contributed by atoms with van der Waals surface area (Å²) in [6.45, 7) is 4.01. The quantitative estimate of drug-likeness (QED) is 0.624. The van der Waals surface area contributed by atoms with Crippen LogP contribution in [0.25, 0.3) is 0 Å². The van der Waals surface area contributed by atoms with E-state index in [1.54, 1.807) is 18.8 Å². The van der Waals surface area contributed by atoms with Gasteiger partial charge in [0, 0.05) is 25.5 Å². The molecule has 0 spiro atoms. The van der Waals surface area contributed by atoms with Crippen LogP contribution in [0.15, 0.2) is 40.6 Å². The van der Waals surface area contributed by atoms with Crippen molar-refractivity contribution in [3.8, 4) is 0 Å². The lowest BCUT2D eigenvalue weighted by Crippen LogP contribution is -2.24. The first-order valence-corrected chi connectivity index (χ1v) is 7.21. The molecule has 0 radical (unpaired) electrons. The van der Waals surface area contributed by atoms with Crippen LogP contribution in [0.3, 0.4) is 0 Å². The van der Waals surface area contributed by atoms with Gasteiger partial charge in [0.15, 0.2) is 5.84 Å². The van der Waals surface area contributed by atoms with Gasteiger partial charge in [0.2, 0.25) is 0 Å². The fourth-order valence-electron chi connectivity index (χ4n) is 2.53. The van der Waals surface area contributed by atoms with Crippen molar-refractivity contribution >= 4 is 5.84 Å². The number of hydrogen-bond donors (Lipinski definition) is 0. The van der Waals surface area contributed by atoms with Crippen molar-refractivity contribution in [2.45, 2.75) is 32.6 Å². The minimum Gasteiger partial charge on any atom is -0.469 e. The molecule has 1 aliphatic heterocycles. The second-order valence-corrected chi connectivity index (χ2v) is 5.15. The highest BCUT2D eigenvalue weighted by Crippen LogP contribution is 2.15. The molecular formula is C15H20N4O. The Balaban J connectivity index is 1.95. The molecule has 3 rings (SSSR count). The third-order valence-corrected chi connectivity index (χ3v) is 3.67. The van der Waals surface area contributed by atoms with Crippen molar-refractivity contribution in [1.29, 1.82) is 0 Å². The number of imidazole rings is 1. The molecule has 0 unspecified atom stereocenters. The van der Waals surface area contributed by atoms with Gasteiger partial charge in [0.05, 0.1) is 11.8 Å². The molecule has 1 fully saturated rings. The average molecular weight is 272 g/mol. The van der Waals surface area contributed by atoms with Gasteiger partial charge < -0.3 is 4.42 Å². The van der Waals surface area contributed by atoms with Crippen LogP contribution in [0, 0.1) is 6.92 Å². The summed E-state index contributed by atoms with van der Waals surface area (Å²) in [5, 5.41) is 7.03. The number of nitrogens with zero attached hydrogens (tertiary/aromatic N) is 4. The van der Waals surface area contributed by atoms with Gasteiger partial charge in [-0.25, -0.2) is 4.98 Å². The Labute approximate surface area is 118 Å². The summed E-state index contributed by atoms with van der Waals surface area (Å²) in [4.78, 5) is 4.13. The van der Waals surface area contributed by atoms with Gasteiger partial charge in [-0.3, -0.25) is 9.58 Å². The van der Waals surface area contributed by atoms with E-state index in [-0.39, 0.29) is 0 Å². The highest BCUT2D eigenvalue weighted by molar-refractivity contribution is 6.00. The highest BCUT2D eigenvalue weighted by Gasteiger charge is 2.14. The van der Waals surface area contributed by atoms with E-state index < -0.39 is 0 Å². The molecule has 0 saturated carbocycles. The zero-order valence-corrected chi connectivity index (χ0v) is 11.8. The summed E-state index contributed by atoms with van der Waals surface area (Å²) in [7, 11) is 0. The van der Waals surface area contributed by atoms with Crippen LogP contribution in [-0.2, 0) is 0 Å². The summed E-state index contributed by atoms with van der Waals surface area (Å²) < 4.78 is 7.37. The first kappa shape index (κ1) is 13.0. The maximum Gasteiger partial charge on any atom is 0.168 e. The largest absolute Gasteiger partial charge is 0.469 e. The maximum absolute atomic E-state index is 5.42. The molecule has 106 valence electrons. The summed E-state index contributed by atoms with van der Waals surface area (Å²) in [5.74, 6) is 1.77. The van der Waals surface area contributed by atoms with Crippen molar-refractivity contribution in [3.63, 3.8) is 0 Å². The molecule has 0 atom stereocenters. The number of furan rings is 1. The Morgan fingerprint density at radius 2 is 2.05 bits per heavy atom. The van der Waals surface area contributed by atoms with Gasteiger partial charge in [0.25, 0.3) is 0 Å². The second kappa shape index (κ2) is 5.94. The van der Waals surface area contributed by atoms with E-state index in [0.717, 1.165) is 30.2 Å². The van der Waals surface area contributed by atoms with Crippen LogP contribution in [0.2, 0.25) is 0 Å². The molecule has 3 heterocycles. The van der Waals surface area contributed by atoms with Crippen LogP contribution in [0.1, 0.15) is 37.0 Å². The average Bonchev–Trinajstić information content (AvgIpc) is 3.05. The van der Waals surface area contributed by atoms with E-state index >= 15 is 0 Å². The molecule has 0 bridgehead atoms. The molecule has 0 aromatic carbocycles. The van der Waals surface area contributed by atoms with Gasteiger partial charge >= 0.3 is 0 Å². The van der Waals surface area contributed by atoms with E-state index in [0.29, 0.717) is 0 Å². The predicted octanol–water partition coefficient (Wildman–Crippen LogP) is 2.87. The Morgan fingerprint density at radius 3 is 2.65 bits per heavy atom. The molecule has 1 aliphatic rings. The molecule has 5 heteroatoms. The Kier molecular flexibility index (Phi) is 3.85. The lowest BCUT2D eigenvalue weighted by Gasteiger charge is -2.18. The molecule has 0 N–H and O–H groups in total. The van der Waals surface area contributed by atoms with E-state index in [9.17, 15) is 0 Å². The Bertz CT molecular complexity index is 562. The topological polar surface area (TPSA) is 46.6 Å². The van der Waals surface area contributed by atoms with E-state index in [1.165, 1.54) is 25.7 Å². The number of rotatable bonds is 2. The van der Waals surface area contributed by atoms with Gasteiger partial charge in [-0.15, -0.1) is 0 Å². The van der Waals surface area contributed by atoms with Crippen LogP contribution in [0.5, 0.6) is 0 Å². The summed E-state index contributed by atoms with van der Waals surface area (Å²) in [6, 6.07) is 1.96. The standard InChI is InChI=1S/C15H20N4O/c1-13-14(6-11-20-13)15(18-10-7-16-12-18)17-19-8-4-2-3-5-9-19/h6-7,10-12H,2-5,8-9H2,1H3. The molecule has 2 aromatic rings. The zero-order chi connectivity index (χ0) is 13.8. The lowest BCUT2D eigenvalue weighted by atomic mass is 10.2. The van der Waals surface area contributed by atoms with Crippen LogP contribution in [-0.4, -0.2) is 33.5 Å². The van der Waals surface area contributed by atoms with Crippen LogP contribution < -0.4 is 0 Å². The van der Waals surface area contributed by atoms with E-state index in [2.05, 4.69) is 9.99 Å². The third kappa shape index (κ3) is 2.76. The second-order valence-electron chi connectivity index (χ2n) is 5.15. The van der Waals surface area contributed by atoms with Crippen molar-refractivity contribution < 1.29 is 4.42 Å². The van der Waals surface area contributed by atoms with Crippen molar-refractivity contribution in [3.05, 3.63) is 42.4 Å². The fourth-order valence-corrected chi connectivity index (χ4v) is 2.53. The molecular weight excluding hydrogens is 252 g/mol. The normalized spacial score (nSPS) is 17.2. The predicted molar refractivity (Wildman–Crippen MR) is 77.6 cm³/mol. The summed E-state index contributed by atoms with van der Waals surface area (Å²) in [6.07, 6.45) is 12.2. The van der Waals surface area contributed by atoms with Crippen LogP contribution in [0.4, 0.5) is 0 Å². The highest BCUT2D eigenvalue weighted by atomic mass is 16.3. The minimum absolute atomic E-state index is 0.882. The molecule has 20 heavy (non-hydrogen) atoms. The number of hydrogen-bond acceptors (Lipinski definition) is 4. The van der Waals surface area contributed by atoms with Gasteiger partial charge in [0.1, 0.15) is 12.1 Å². The molecule has 2 aromatic heterocycles. The molecule has 0 aliphatic carbocycles. The smallest absolute Gasteiger partial charge is 0.168 e. The summed E-state index contributed by atoms with van der Waals surface area (Å²) in [5.41, 5.74) is 1.02. The van der Waals surface area contributed by atoms with Crippen LogP contribution >= 0.6 is 0 Å². The summed E-state index contributed by atoms with van der Waals surface area (Å²) >= 11 is 0. The van der Waals surface area contributed by atoms with E-state index in [4.69, 9.17) is 9.52 Å². The van der Waals surface area contributed by atoms with Gasteiger partial charge in [-0.1, -0.05) is 12.8 Å². The molecule has 0 amide bonds. The number of hydrazone groups is 1. The first-order chi connectivity index (χ1) is 9.84. The first-order valence-electron chi connectivity index (χ1n) is 7.21. The molecule has 5 nitrogen and oxygen atoms in total. The van der Waals surface area contributed by atoms with Crippen molar-refractivity contribution in [1.82, 2.24) is 14.6 Å². The zero-order valence-electron chi connectivity index (χ0n) is 11.8. The van der Waals surface area contributed by atoms with Crippen molar-refractivity contribution in [2.75, 3.05) is 13.1 Å². The van der Waals surface area contributed by atoms with Crippen molar-refractivity contribution in [2.24, 2.45) is 5.10 Å². The minimum atomic E-state index is 0.882. The van der Waals surface area contributed by atoms with Gasteiger partial charge in [-0.05, 0) is 25.8 Å². The number of aromatic nitrogens is 2. The monoisotopic (exact) mass is 272 g/mol. The Hall–Kier alpha value is -2.04. The SMILES string of the molecule is Cc1occc1C(=NN1CCCCCC1)n1ccnc1. The number of aryl methyl sites for hydroxylation is 1. The fraction of sp³-hybridized carbons (Fsp3) is 0.467. The van der Waals surface area contributed by atoms with Gasteiger partial charge in [-0.2, -0.15) is 5.10 Å². The third-order valence-electron chi connectivity index (χ3n) is 3.67. The molecule has 1 saturated heterocycles. The Morgan fingerprint density at radius 1 is 1.25 bits per heavy atom. The van der Waals surface area contributed by atoms with E-state index in [1.807, 2.05) is 23.8 Å². The maximum atomic E-state index is 5.42. The lowest BCUT2D eigenvalue weighted by molar-refractivity contribution is 0.299.